The molecule has 0 bridgehead atoms. The standard InChI is InChI=1S/C20H14ClI/c21-22(19-11-9-15-5-1-3-7-17(15)13-19)20-12-10-16-6-2-4-8-18(16)14-20/h1-14H. The summed E-state index contributed by atoms with van der Waals surface area (Å²) in [7, 11) is 6.89. The normalized spacial score (nSPS) is 11.8. The SMILES string of the molecule is ClI(c1ccc2ccccc2c1)c1ccc2ccccc2c1. The molecular formula is C20H14ClI. The first-order valence-corrected chi connectivity index (χ1v) is 12.0. The number of hydrogen-bond acceptors (Lipinski definition) is 0. The van der Waals surface area contributed by atoms with Crippen LogP contribution in [0.25, 0.3) is 21.5 Å². The zero-order valence-corrected chi connectivity index (χ0v) is 14.8. The summed E-state index contributed by atoms with van der Waals surface area (Å²) in [5.41, 5.74) is 0. The van der Waals surface area contributed by atoms with E-state index in [4.69, 9.17) is 8.91 Å². The predicted molar refractivity (Wildman–Crippen MR) is 105 cm³/mol. The Morgan fingerprint density at radius 2 is 0.909 bits per heavy atom. The molecule has 0 aliphatic rings. The summed E-state index contributed by atoms with van der Waals surface area (Å²) in [5.74, 6) is 0. The second kappa shape index (κ2) is 5.90. The van der Waals surface area contributed by atoms with Gasteiger partial charge in [0.1, 0.15) is 0 Å². The van der Waals surface area contributed by atoms with E-state index in [1.54, 1.807) is 0 Å². The molecule has 0 nitrogen and oxygen atoms in total. The zero-order valence-electron chi connectivity index (χ0n) is 11.8. The second-order valence-electron chi connectivity index (χ2n) is 5.22. The average molecular weight is 417 g/mol. The molecule has 0 atom stereocenters. The Bertz CT molecular complexity index is 882. The van der Waals surface area contributed by atoms with Gasteiger partial charge in [-0.3, -0.25) is 0 Å². The number of rotatable bonds is 2. The first kappa shape index (κ1) is 14.0. The van der Waals surface area contributed by atoms with Crippen LogP contribution in [-0.4, -0.2) is 0 Å². The average Bonchev–Trinajstić information content (AvgIpc) is 2.60. The van der Waals surface area contributed by atoms with Crippen LogP contribution >= 0.6 is 27.6 Å². The summed E-state index contributed by atoms with van der Waals surface area (Å²) < 4.78 is 2.58. The van der Waals surface area contributed by atoms with Crippen molar-refractivity contribution in [3.8, 4) is 0 Å². The van der Waals surface area contributed by atoms with Crippen LogP contribution in [0, 0.1) is 7.14 Å². The summed E-state index contributed by atoms with van der Waals surface area (Å²) in [5, 5.41) is 5.07. The van der Waals surface area contributed by atoms with Crippen molar-refractivity contribution in [1.82, 2.24) is 0 Å². The molecule has 0 unspecified atom stereocenters. The van der Waals surface area contributed by atoms with Crippen molar-refractivity contribution in [2.45, 2.75) is 0 Å². The van der Waals surface area contributed by atoms with Gasteiger partial charge < -0.3 is 0 Å². The fraction of sp³-hybridized carbons (Fsp3) is 0. The van der Waals surface area contributed by atoms with Gasteiger partial charge in [0, 0.05) is 0 Å². The van der Waals surface area contributed by atoms with Crippen LogP contribution in [0.1, 0.15) is 0 Å². The van der Waals surface area contributed by atoms with Crippen LogP contribution < -0.4 is 0 Å². The van der Waals surface area contributed by atoms with Gasteiger partial charge in [-0.15, -0.1) is 0 Å². The van der Waals surface area contributed by atoms with Gasteiger partial charge >= 0.3 is 141 Å². The Hall–Kier alpha value is -1.58. The minimum absolute atomic E-state index is 1.27. The predicted octanol–water partition coefficient (Wildman–Crippen LogP) is 6.69. The summed E-state index contributed by atoms with van der Waals surface area (Å²) in [4.78, 5) is 0. The van der Waals surface area contributed by atoms with E-state index in [0.29, 0.717) is 0 Å². The molecule has 4 rings (SSSR count). The number of benzene rings is 4. The van der Waals surface area contributed by atoms with Crippen molar-refractivity contribution in [3.05, 3.63) is 92.1 Å². The molecule has 22 heavy (non-hydrogen) atoms. The molecule has 2 heteroatoms. The third-order valence-corrected chi connectivity index (χ3v) is 9.55. The molecule has 0 spiro atoms. The Morgan fingerprint density at radius 3 is 1.36 bits per heavy atom. The second-order valence-corrected chi connectivity index (χ2v) is 11.0. The molecular weight excluding hydrogens is 403 g/mol. The van der Waals surface area contributed by atoms with Gasteiger partial charge in [0.25, 0.3) is 0 Å². The molecule has 108 valence electrons. The number of halogens is 2. The third-order valence-electron chi connectivity index (χ3n) is 3.81. The first-order valence-electron chi connectivity index (χ1n) is 7.15. The van der Waals surface area contributed by atoms with Crippen LogP contribution in [0.3, 0.4) is 0 Å². The summed E-state index contributed by atoms with van der Waals surface area (Å²) in [6.07, 6.45) is 0. The van der Waals surface area contributed by atoms with Crippen LogP contribution in [-0.2, 0) is 0 Å². The van der Waals surface area contributed by atoms with Crippen molar-refractivity contribution < 1.29 is 0 Å². The van der Waals surface area contributed by atoms with Crippen LogP contribution in [0.4, 0.5) is 0 Å². The summed E-state index contributed by atoms with van der Waals surface area (Å²) in [6.45, 7) is 0. The zero-order chi connectivity index (χ0) is 14.9. The van der Waals surface area contributed by atoms with Gasteiger partial charge in [0.2, 0.25) is 0 Å². The van der Waals surface area contributed by atoms with E-state index in [-0.39, 0.29) is 0 Å². The van der Waals surface area contributed by atoms with Crippen molar-refractivity contribution in [3.63, 3.8) is 0 Å². The van der Waals surface area contributed by atoms with Gasteiger partial charge in [-0.25, -0.2) is 0 Å². The molecule has 0 N–H and O–H groups in total. The van der Waals surface area contributed by atoms with Crippen molar-refractivity contribution in [2.75, 3.05) is 0 Å². The van der Waals surface area contributed by atoms with E-state index in [1.807, 2.05) is 0 Å². The topological polar surface area (TPSA) is 0 Å². The molecule has 0 aliphatic heterocycles. The molecule has 0 fully saturated rings. The maximum absolute atomic E-state index is 6.89. The molecule has 0 saturated carbocycles. The Morgan fingerprint density at radius 1 is 0.500 bits per heavy atom. The first-order chi connectivity index (χ1) is 10.8. The maximum atomic E-state index is 6.89. The molecule has 0 saturated heterocycles. The molecule has 0 amide bonds. The van der Waals surface area contributed by atoms with Gasteiger partial charge in [-0.2, -0.15) is 0 Å². The Kier molecular flexibility index (Phi) is 3.77. The van der Waals surface area contributed by atoms with E-state index in [9.17, 15) is 0 Å². The Balaban J connectivity index is 1.78. The monoisotopic (exact) mass is 416 g/mol. The van der Waals surface area contributed by atoms with Crippen LogP contribution in [0.15, 0.2) is 84.9 Å². The number of fused-ring (bicyclic) bond motifs is 2. The van der Waals surface area contributed by atoms with E-state index < -0.39 is 18.7 Å². The van der Waals surface area contributed by atoms with Crippen LogP contribution in [0.2, 0.25) is 0 Å². The molecule has 0 aromatic heterocycles. The van der Waals surface area contributed by atoms with E-state index in [2.05, 4.69) is 84.9 Å². The van der Waals surface area contributed by atoms with E-state index >= 15 is 0 Å². The Labute approximate surface area is 140 Å². The van der Waals surface area contributed by atoms with E-state index in [1.165, 1.54) is 28.7 Å². The van der Waals surface area contributed by atoms with Crippen LogP contribution in [0.5, 0.6) is 0 Å². The number of hydrogen-bond donors (Lipinski definition) is 0. The molecule has 0 heterocycles. The van der Waals surface area contributed by atoms with Crippen molar-refractivity contribution in [2.24, 2.45) is 0 Å². The molecule has 4 aromatic rings. The molecule has 4 aromatic carbocycles. The quantitative estimate of drug-likeness (QED) is 0.319. The van der Waals surface area contributed by atoms with Gasteiger partial charge in [0.05, 0.1) is 0 Å². The van der Waals surface area contributed by atoms with Gasteiger partial charge in [-0.05, 0) is 0 Å². The van der Waals surface area contributed by atoms with Crippen molar-refractivity contribution >= 4 is 49.1 Å². The third kappa shape index (κ3) is 2.59. The van der Waals surface area contributed by atoms with Gasteiger partial charge in [0.15, 0.2) is 0 Å². The molecule has 0 radical (unpaired) electrons. The summed E-state index contributed by atoms with van der Waals surface area (Å²) in [6, 6.07) is 30.1. The fourth-order valence-corrected chi connectivity index (χ4v) is 6.77. The minimum atomic E-state index is -1.86. The van der Waals surface area contributed by atoms with Crippen molar-refractivity contribution in [1.29, 1.82) is 0 Å². The summed E-state index contributed by atoms with van der Waals surface area (Å²) >= 11 is -1.86. The van der Waals surface area contributed by atoms with E-state index in [0.717, 1.165) is 0 Å². The molecule has 0 aliphatic carbocycles. The fourth-order valence-electron chi connectivity index (χ4n) is 2.65. The van der Waals surface area contributed by atoms with Gasteiger partial charge in [-0.1, -0.05) is 0 Å².